The zero-order chi connectivity index (χ0) is 14.4. The molecule has 20 heavy (non-hydrogen) atoms. The molecule has 0 atom stereocenters. The van der Waals surface area contributed by atoms with Gasteiger partial charge in [0.25, 0.3) is 5.91 Å². The van der Waals surface area contributed by atoms with E-state index in [-0.39, 0.29) is 17.3 Å². The molecule has 1 amide bonds. The monoisotopic (exact) mass is 281 g/mol. The van der Waals surface area contributed by atoms with E-state index >= 15 is 0 Å². The highest BCUT2D eigenvalue weighted by Crippen LogP contribution is 2.17. The van der Waals surface area contributed by atoms with E-state index in [2.05, 4.69) is 10.3 Å². The van der Waals surface area contributed by atoms with Crippen molar-refractivity contribution < 1.29 is 13.9 Å². The highest BCUT2D eigenvalue weighted by Gasteiger charge is 2.22. The van der Waals surface area contributed by atoms with Crippen LogP contribution in [0.25, 0.3) is 0 Å². The van der Waals surface area contributed by atoms with Gasteiger partial charge in [-0.2, -0.15) is 0 Å². The fourth-order valence-electron chi connectivity index (χ4n) is 2.10. The summed E-state index contributed by atoms with van der Waals surface area (Å²) in [6, 6.07) is 1.43. The average Bonchev–Trinajstić information content (AvgIpc) is 2.74. The standard InChI is InChI=1S/C14H20FN3O2/c1-2-5-16-13-12(15)11(4-6-17-13)14(19)18-7-3-9-20-10-8-18/h4,6H,2-3,5,7-10H2,1H3,(H,16,17). The molecule has 1 aromatic rings. The molecule has 0 aliphatic carbocycles. The third kappa shape index (κ3) is 3.45. The summed E-state index contributed by atoms with van der Waals surface area (Å²) >= 11 is 0. The smallest absolute Gasteiger partial charge is 0.257 e. The Morgan fingerprint density at radius 3 is 3.15 bits per heavy atom. The number of carbonyl (C=O) groups excluding carboxylic acids is 1. The molecule has 1 fully saturated rings. The molecule has 6 heteroatoms. The van der Waals surface area contributed by atoms with Crippen LogP contribution in [-0.2, 0) is 4.74 Å². The Hall–Kier alpha value is -1.69. The highest BCUT2D eigenvalue weighted by molar-refractivity contribution is 5.95. The lowest BCUT2D eigenvalue weighted by Gasteiger charge is -2.20. The molecule has 1 aliphatic heterocycles. The van der Waals surface area contributed by atoms with E-state index in [4.69, 9.17) is 4.74 Å². The Morgan fingerprint density at radius 1 is 1.50 bits per heavy atom. The van der Waals surface area contributed by atoms with Gasteiger partial charge in [-0.15, -0.1) is 0 Å². The number of nitrogens with zero attached hydrogens (tertiary/aromatic N) is 2. The lowest BCUT2D eigenvalue weighted by atomic mass is 10.2. The van der Waals surface area contributed by atoms with Crippen LogP contribution in [0.4, 0.5) is 10.2 Å². The van der Waals surface area contributed by atoms with E-state index in [0.29, 0.717) is 32.8 Å². The summed E-state index contributed by atoms with van der Waals surface area (Å²) in [6.45, 7) is 4.85. The van der Waals surface area contributed by atoms with Gasteiger partial charge in [0, 0.05) is 32.4 Å². The van der Waals surface area contributed by atoms with E-state index in [0.717, 1.165) is 12.8 Å². The SMILES string of the molecule is CCCNc1nccc(C(=O)N2CCCOCC2)c1F. The van der Waals surface area contributed by atoms with Crippen molar-refractivity contribution in [2.24, 2.45) is 0 Å². The number of aromatic nitrogens is 1. The first kappa shape index (κ1) is 14.7. The van der Waals surface area contributed by atoms with Crippen LogP contribution >= 0.6 is 0 Å². The van der Waals surface area contributed by atoms with Gasteiger partial charge in [-0.05, 0) is 18.9 Å². The number of pyridine rings is 1. The number of hydrogen-bond donors (Lipinski definition) is 1. The first-order valence-electron chi connectivity index (χ1n) is 6.99. The van der Waals surface area contributed by atoms with Gasteiger partial charge in [0.1, 0.15) is 0 Å². The number of hydrogen-bond acceptors (Lipinski definition) is 4. The zero-order valence-electron chi connectivity index (χ0n) is 11.7. The molecular formula is C14H20FN3O2. The van der Waals surface area contributed by atoms with Gasteiger partial charge in [0.2, 0.25) is 0 Å². The van der Waals surface area contributed by atoms with Gasteiger partial charge in [0.15, 0.2) is 11.6 Å². The molecule has 0 spiro atoms. The van der Waals surface area contributed by atoms with Crippen LogP contribution in [0, 0.1) is 5.82 Å². The maximum absolute atomic E-state index is 14.3. The first-order chi connectivity index (χ1) is 9.74. The molecule has 1 aromatic heterocycles. The number of amides is 1. The number of halogens is 1. The molecule has 0 aromatic carbocycles. The topological polar surface area (TPSA) is 54.5 Å². The molecule has 1 N–H and O–H groups in total. The fourth-order valence-corrected chi connectivity index (χ4v) is 2.10. The number of anilines is 1. The zero-order valence-corrected chi connectivity index (χ0v) is 11.7. The highest BCUT2D eigenvalue weighted by atomic mass is 19.1. The van der Waals surface area contributed by atoms with Gasteiger partial charge in [-0.25, -0.2) is 9.37 Å². The van der Waals surface area contributed by atoms with Crippen molar-refractivity contribution in [1.29, 1.82) is 0 Å². The van der Waals surface area contributed by atoms with Crippen LogP contribution < -0.4 is 5.32 Å². The van der Waals surface area contributed by atoms with Gasteiger partial charge in [-0.1, -0.05) is 6.92 Å². The van der Waals surface area contributed by atoms with Crippen molar-refractivity contribution in [1.82, 2.24) is 9.88 Å². The largest absolute Gasteiger partial charge is 0.380 e. The summed E-state index contributed by atoms with van der Waals surface area (Å²) in [5.41, 5.74) is 0.0699. The van der Waals surface area contributed by atoms with Crippen molar-refractivity contribution >= 4 is 11.7 Å². The summed E-state index contributed by atoms with van der Waals surface area (Å²) in [7, 11) is 0. The molecule has 1 aliphatic rings. The second kappa shape index (κ2) is 7.19. The summed E-state index contributed by atoms with van der Waals surface area (Å²) in [5.74, 6) is -0.727. The van der Waals surface area contributed by atoms with E-state index in [1.807, 2.05) is 6.92 Å². The summed E-state index contributed by atoms with van der Waals surface area (Å²) in [5, 5.41) is 2.89. The Balaban J connectivity index is 2.16. The molecule has 0 saturated carbocycles. The van der Waals surface area contributed by atoms with Crippen LogP contribution in [-0.4, -0.2) is 48.6 Å². The van der Waals surface area contributed by atoms with E-state index in [1.165, 1.54) is 12.3 Å². The third-order valence-corrected chi connectivity index (χ3v) is 3.17. The summed E-state index contributed by atoms with van der Waals surface area (Å²) in [6.07, 6.45) is 3.10. The number of carbonyl (C=O) groups is 1. The minimum Gasteiger partial charge on any atom is -0.380 e. The lowest BCUT2D eigenvalue weighted by Crippen LogP contribution is -2.34. The van der Waals surface area contributed by atoms with Crippen LogP contribution in [0.3, 0.4) is 0 Å². The maximum atomic E-state index is 14.3. The number of ether oxygens (including phenoxy) is 1. The Bertz CT molecular complexity index is 460. The number of rotatable bonds is 4. The first-order valence-corrected chi connectivity index (χ1v) is 6.99. The molecule has 0 unspecified atom stereocenters. The molecule has 2 rings (SSSR count). The number of nitrogens with one attached hydrogen (secondary N) is 1. The van der Waals surface area contributed by atoms with Gasteiger partial charge >= 0.3 is 0 Å². The molecular weight excluding hydrogens is 261 g/mol. The average molecular weight is 281 g/mol. The van der Waals surface area contributed by atoms with E-state index < -0.39 is 5.82 Å². The van der Waals surface area contributed by atoms with Crippen LogP contribution in [0.1, 0.15) is 30.1 Å². The third-order valence-electron chi connectivity index (χ3n) is 3.17. The second-order valence-electron chi connectivity index (χ2n) is 4.71. The van der Waals surface area contributed by atoms with Gasteiger partial charge in [0.05, 0.1) is 12.2 Å². The fraction of sp³-hybridized carbons (Fsp3) is 0.571. The molecule has 0 radical (unpaired) electrons. The van der Waals surface area contributed by atoms with Crippen molar-refractivity contribution in [3.63, 3.8) is 0 Å². The van der Waals surface area contributed by atoms with Gasteiger partial charge in [-0.3, -0.25) is 4.79 Å². The summed E-state index contributed by atoms with van der Waals surface area (Å²) < 4.78 is 19.6. The lowest BCUT2D eigenvalue weighted by molar-refractivity contribution is 0.0736. The molecule has 0 bridgehead atoms. The summed E-state index contributed by atoms with van der Waals surface area (Å²) in [4.78, 5) is 17.9. The molecule has 110 valence electrons. The predicted molar refractivity (Wildman–Crippen MR) is 74.3 cm³/mol. The van der Waals surface area contributed by atoms with Crippen LogP contribution in [0.15, 0.2) is 12.3 Å². The molecule has 1 saturated heterocycles. The predicted octanol–water partition coefficient (Wildman–Crippen LogP) is 1.91. The molecule has 2 heterocycles. The Kier molecular flexibility index (Phi) is 5.29. The van der Waals surface area contributed by atoms with Crippen molar-refractivity contribution in [3.05, 3.63) is 23.6 Å². The Labute approximate surface area is 118 Å². The van der Waals surface area contributed by atoms with Crippen LogP contribution in [0.2, 0.25) is 0 Å². The Morgan fingerprint density at radius 2 is 2.35 bits per heavy atom. The minimum absolute atomic E-state index is 0.0699. The van der Waals surface area contributed by atoms with Crippen LogP contribution in [0.5, 0.6) is 0 Å². The van der Waals surface area contributed by atoms with E-state index in [1.54, 1.807) is 4.90 Å². The quantitative estimate of drug-likeness (QED) is 0.916. The van der Waals surface area contributed by atoms with Crippen molar-refractivity contribution in [3.8, 4) is 0 Å². The normalized spacial score (nSPS) is 15.8. The molecule has 5 nitrogen and oxygen atoms in total. The van der Waals surface area contributed by atoms with Crippen molar-refractivity contribution in [2.75, 3.05) is 38.2 Å². The van der Waals surface area contributed by atoms with E-state index in [9.17, 15) is 9.18 Å². The van der Waals surface area contributed by atoms with Gasteiger partial charge < -0.3 is 15.0 Å². The minimum atomic E-state index is -0.573. The van der Waals surface area contributed by atoms with Crippen molar-refractivity contribution in [2.45, 2.75) is 19.8 Å². The second-order valence-corrected chi connectivity index (χ2v) is 4.71. The maximum Gasteiger partial charge on any atom is 0.257 e.